The van der Waals surface area contributed by atoms with Gasteiger partial charge in [-0.2, -0.15) is 0 Å². The van der Waals surface area contributed by atoms with Crippen molar-refractivity contribution in [2.45, 2.75) is 6.92 Å². The highest BCUT2D eigenvalue weighted by molar-refractivity contribution is 7.40. The Hall–Kier alpha value is -1.83. The van der Waals surface area contributed by atoms with Crippen LogP contribution >= 0.6 is 11.1 Å². The van der Waals surface area contributed by atoms with E-state index in [9.17, 15) is 0 Å². The first-order chi connectivity index (χ1) is 10.2. The summed E-state index contributed by atoms with van der Waals surface area (Å²) in [5.74, 6) is 0. The zero-order valence-corrected chi connectivity index (χ0v) is 13.7. The molecule has 0 aliphatic heterocycles. The fourth-order valence-corrected chi connectivity index (χ4v) is 6.68. The van der Waals surface area contributed by atoms with Gasteiger partial charge in [0.15, 0.2) is 0 Å². The summed E-state index contributed by atoms with van der Waals surface area (Å²) < 4.78 is 0. The second-order valence-electron chi connectivity index (χ2n) is 5.26. The van der Waals surface area contributed by atoms with E-state index >= 15 is 0 Å². The van der Waals surface area contributed by atoms with E-state index in [1.165, 1.54) is 21.1 Å². The van der Waals surface area contributed by atoms with Crippen LogP contribution in [-0.4, -0.2) is 7.38 Å². The fourth-order valence-electron chi connectivity index (χ4n) is 2.62. The molecule has 3 aromatic rings. The molecule has 0 spiro atoms. The maximum Gasteiger partial charge on any atom is 0.247 e. The number of aryl methyl sites for hydroxylation is 1. The van der Waals surface area contributed by atoms with Crippen LogP contribution in [0.4, 0.5) is 0 Å². The highest BCUT2D eigenvalue weighted by Gasteiger charge is 2.37. The monoisotopic (exact) mass is 308 g/mol. The summed E-state index contributed by atoms with van der Waals surface area (Å²) in [6, 6.07) is 29.6. The van der Waals surface area contributed by atoms with Crippen LogP contribution < -0.4 is 15.6 Å². The Labute approximate surface area is 131 Å². The molecule has 104 valence electrons. The summed E-state index contributed by atoms with van der Waals surface area (Å²) in [4.78, 5) is 0. The average molecular weight is 309 g/mol. The van der Waals surface area contributed by atoms with Gasteiger partial charge in [0.1, 0.15) is 0 Å². The van der Waals surface area contributed by atoms with Gasteiger partial charge in [0.2, 0.25) is 7.38 Å². The summed E-state index contributed by atoms with van der Waals surface area (Å²) in [7, 11) is -2.43. The largest absolute Gasteiger partial charge is 0.247 e. The zero-order valence-electron chi connectivity index (χ0n) is 12.0. The normalized spacial score (nSPS) is 11.3. The molecule has 3 rings (SSSR count). The van der Waals surface area contributed by atoms with Crippen molar-refractivity contribution >= 4 is 34.0 Å². The molecule has 0 amide bonds. The summed E-state index contributed by atoms with van der Waals surface area (Å²) in [5, 5.41) is 3.68. The van der Waals surface area contributed by atoms with Crippen molar-refractivity contribution in [2.75, 3.05) is 0 Å². The minimum absolute atomic E-state index is 1.22. The predicted molar refractivity (Wildman–Crippen MR) is 94.6 cm³/mol. The van der Waals surface area contributed by atoms with E-state index < -0.39 is 7.38 Å². The smallest absolute Gasteiger partial charge is 0.149 e. The molecule has 0 aromatic heterocycles. The van der Waals surface area contributed by atoms with E-state index in [1.807, 2.05) is 12.1 Å². The molecular formula is C19H17ClSi. The van der Waals surface area contributed by atoms with Gasteiger partial charge in [0.05, 0.1) is 0 Å². The number of halogens is 1. The Bertz CT molecular complexity index is 666. The van der Waals surface area contributed by atoms with E-state index in [0.717, 1.165) is 0 Å². The third kappa shape index (κ3) is 2.67. The van der Waals surface area contributed by atoms with Gasteiger partial charge in [-0.05, 0) is 22.5 Å². The van der Waals surface area contributed by atoms with Gasteiger partial charge in [0.25, 0.3) is 0 Å². The summed E-state index contributed by atoms with van der Waals surface area (Å²) in [5.41, 5.74) is 1.26. The molecule has 0 bridgehead atoms. The molecule has 2 heteroatoms. The lowest BCUT2D eigenvalue weighted by Crippen LogP contribution is -2.62. The van der Waals surface area contributed by atoms with Gasteiger partial charge in [0, 0.05) is 0 Å². The predicted octanol–water partition coefficient (Wildman–Crippen LogP) is 3.20. The standard InChI is InChI=1S/C19H17ClSi/c1-16-12-14-19(15-13-16)21(20,17-8-4-2-5-9-17)18-10-6-3-7-11-18/h2-15H,1H3. The molecule has 0 unspecified atom stereocenters. The van der Waals surface area contributed by atoms with Crippen LogP contribution in [0.15, 0.2) is 84.9 Å². The number of rotatable bonds is 3. The zero-order chi connectivity index (χ0) is 14.7. The third-order valence-corrected chi connectivity index (χ3v) is 9.14. The van der Waals surface area contributed by atoms with E-state index in [2.05, 4.69) is 79.7 Å². The van der Waals surface area contributed by atoms with Crippen LogP contribution in [0.25, 0.3) is 0 Å². The summed E-state index contributed by atoms with van der Waals surface area (Å²) >= 11 is 7.31. The first-order valence-electron chi connectivity index (χ1n) is 7.08. The second kappa shape index (κ2) is 5.88. The van der Waals surface area contributed by atoms with Crippen molar-refractivity contribution in [3.05, 3.63) is 90.5 Å². The number of hydrogen-bond donors (Lipinski definition) is 0. The molecule has 0 saturated heterocycles. The van der Waals surface area contributed by atoms with E-state index in [1.54, 1.807) is 0 Å². The first kappa shape index (κ1) is 14.1. The van der Waals surface area contributed by atoms with Gasteiger partial charge in [-0.1, -0.05) is 90.5 Å². The highest BCUT2D eigenvalue weighted by atomic mass is 35.6. The van der Waals surface area contributed by atoms with Crippen molar-refractivity contribution in [3.8, 4) is 0 Å². The lowest BCUT2D eigenvalue weighted by molar-refractivity contribution is 1.49. The molecular weight excluding hydrogens is 292 g/mol. The van der Waals surface area contributed by atoms with Crippen LogP contribution in [0.1, 0.15) is 5.56 Å². The quantitative estimate of drug-likeness (QED) is 0.396. The van der Waals surface area contributed by atoms with Crippen molar-refractivity contribution in [3.63, 3.8) is 0 Å². The Morgan fingerprint density at radius 2 is 0.952 bits per heavy atom. The minimum Gasteiger partial charge on any atom is -0.149 e. The second-order valence-corrected chi connectivity index (χ2v) is 10.0. The lowest BCUT2D eigenvalue weighted by Gasteiger charge is -2.26. The molecule has 0 aliphatic carbocycles. The van der Waals surface area contributed by atoms with Crippen molar-refractivity contribution in [2.24, 2.45) is 0 Å². The van der Waals surface area contributed by atoms with Gasteiger partial charge in [-0.15, -0.1) is 11.1 Å². The molecule has 0 heterocycles. The van der Waals surface area contributed by atoms with Crippen molar-refractivity contribution in [1.29, 1.82) is 0 Å². The van der Waals surface area contributed by atoms with Gasteiger partial charge < -0.3 is 0 Å². The summed E-state index contributed by atoms with van der Waals surface area (Å²) in [6.07, 6.45) is 0. The highest BCUT2D eigenvalue weighted by Crippen LogP contribution is 2.12. The van der Waals surface area contributed by atoms with E-state index in [0.29, 0.717) is 0 Å². The van der Waals surface area contributed by atoms with Crippen LogP contribution in [0.5, 0.6) is 0 Å². The Balaban J connectivity index is 2.23. The van der Waals surface area contributed by atoms with E-state index in [4.69, 9.17) is 11.1 Å². The maximum atomic E-state index is 7.31. The molecule has 0 atom stereocenters. The van der Waals surface area contributed by atoms with Crippen LogP contribution in [0.3, 0.4) is 0 Å². The van der Waals surface area contributed by atoms with E-state index in [-0.39, 0.29) is 0 Å². The molecule has 3 aromatic carbocycles. The maximum absolute atomic E-state index is 7.31. The van der Waals surface area contributed by atoms with Gasteiger partial charge in [-0.25, -0.2) is 0 Å². The Morgan fingerprint density at radius 3 is 1.38 bits per heavy atom. The van der Waals surface area contributed by atoms with Gasteiger partial charge in [-0.3, -0.25) is 0 Å². The average Bonchev–Trinajstić information content (AvgIpc) is 2.56. The molecule has 0 N–H and O–H groups in total. The number of hydrogen-bond acceptors (Lipinski definition) is 0. The summed E-state index contributed by atoms with van der Waals surface area (Å²) in [6.45, 7) is 2.10. The van der Waals surface area contributed by atoms with Crippen LogP contribution in [-0.2, 0) is 0 Å². The molecule has 0 saturated carbocycles. The van der Waals surface area contributed by atoms with Crippen molar-refractivity contribution in [1.82, 2.24) is 0 Å². The molecule has 21 heavy (non-hydrogen) atoms. The molecule has 0 fully saturated rings. The molecule has 0 aliphatic rings. The van der Waals surface area contributed by atoms with Crippen LogP contribution in [0.2, 0.25) is 0 Å². The first-order valence-corrected chi connectivity index (χ1v) is 10.1. The third-order valence-electron chi connectivity index (χ3n) is 3.79. The van der Waals surface area contributed by atoms with Crippen molar-refractivity contribution < 1.29 is 0 Å². The SMILES string of the molecule is Cc1ccc([Si](Cl)(c2ccccc2)c2ccccc2)cc1. The minimum atomic E-state index is -2.43. The topological polar surface area (TPSA) is 0 Å². The van der Waals surface area contributed by atoms with Gasteiger partial charge >= 0.3 is 0 Å². The molecule has 0 radical (unpaired) electrons. The van der Waals surface area contributed by atoms with Crippen LogP contribution in [0, 0.1) is 6.92 Å². The fraction of sp³-hybridized carbons (Fsp3) is 0.0526. The molecule has 0 nitrogen and oxygen atoms in total. The Kier molecular flexibility index (Phi) is 3.96. The number of benzene rings is 3. The Morgan fingerprint density at radius 1 is 0.571 bits per heavy atom. The lowest BCUT2D eigenvalue weighted by atomic mass is 10.2.